The summed E-state index contributed by atoms with van der Waals surface area (Å²) >= 11 is 0. The molecule has 0 spiro atoms. The standard InChI is InChI=1S/C21H20F6N2O3/c1-3-29(4-2)19(31)13-5-7-16(8-6-13)28-18(30)12-32-17-10-14(20(22,23)24)9-15(11-17)21(25,26)27/h5-11H,3-4,12H2,1-2H3,(H,28,30). The topological polar surface area (TPSA) is 58.6 Å². The predicted octanol–water partition coefficient (Wildman–Crippen LogP) is 5.22. The Morgan fingerprint density at radius 2 is 1.38 bits per heavy atom. The molecule has 2 aromatic carbocycles. The number of amides is 2. The number of halogens is 6. The zero-order valence-corrected chi connectivity index (χ0v) is 17.1. The molecule has 0 saturated carbocycles. The minimum atomic E-state index is -5.02. The second kappa shape index (κ2) is 9.92. The maximum absolute atomic E-state index is 12.9. The number of benzene rings is 2. The summed E-state index contributed by atoms with van der Waals surface area (Å²) in [7, 11) is 0. The fourth-order valence-electron chi connectivity index (χ4n) is 2.75. The first-order valence-electron chi connectivity index (χ1n) is 9.46. The molecule has 0 atom stereocenters. The van der Waals surface area contributed by atoms with E-state index in [-0.39, 0.29) is 17.7 Å². The molecule has 0 saturated heterocycles. The van der Waals surface area contributed by atoms with Crippen molar-refractivity contribution >= 4 is 17.5 Å². The molecule has 0 aliphatic heterocycles. The number of carbonyl (C=O) groups excluding carboxylic acids is 2. The van der Waals surface area contributed by atoms with Crippen LogP contribution in [0.4, 0.5) is 32.0 Å². The second-order valence-corrected chi connectivity index (χ2v) is 6.63. The molecule has 32 heavy (non-hydrogen) atoms. The lowest BCUT2D eigenvalue weighted by Gasteiger charge is -2.18. The van der Waals surface area contributed by atoms with Crippen LogP contribution in [-0.2, 0) is 17.1 Å². The number of rotatable bonds is 7. The van der Waals surface area contributed by atoms with E-state index in [4.69, 9.17) is 4.74 Å². The molecule has 0 bridgehead atoms. The average molecular weight is 462 g/mol. The van der Waals surface area contributed by atoms with E-state index in [1.165, 1.54) is 24.3 Å². The van der Waals surface area contributed by atoms with Crippen molar-refractivity contribution in [3.63, 3.8) is 0 Å². The van der Waals surface area contributed by atoms with Crippen molar-refractivity contribution in [3.05, 3.63) is 59.2 Å². The summed E-state index contributed by atoms with van der Waals surface area (Å²) in [6, 6.07) is 6.60. The Bertz CT molecular complexity index is 919. The van der Waals surface area contributed by atoms with Crippen molar-refractivity contribution in [1.29, 1.82) is 0 Å². The van der Waals surface area contributed by atoms with Crippen molar-refractivity contribution in [2.75, 3.05) is 25.0 Å². The molecule has 174 valence electrons. The van der Waals surface area contributed by atoms with Gasteiger partial charge in [-0.25, -0.2) is 0 Å². The molecule has 2 amide bonds. The Morgan fingerprint density at radius 3 is 1.81 bits per heavy atom. The van der Waals surface area contributed by atoms with Gasteiger partial charge in [0.05, 0.1) is 11.1 Å². The second-order valence-electron chi connectivity index (χ2n) is 6.63. The van der Waals surface area contributed by atoms with Gasteiger partial charge in [0, 0.05) is 24.3 Å². The van der Waals surface area contributed by atoms with Crippen molar-refractivity contribution in [1.82, 2.24) is 4.90 Å². The molecule has 11 heteroatoms. The number of ether oxygens (including phenoxy) is 1. The minimum Gasteiger partial charge on any atom is -0.484 e. The van der Waals surface area contributed by atoms with Crippen LogP contribution >= 0.6 is 0 Å². The van der Waals surface area contributed by atoms with Gasteiger partial charge in [-0.15, -0.1) is 0 Å². The zero-order chi connectivity index (χ0) is 24.1. The summed E-state index contributed by atoms with van der Waals surface area (Å²) < 4.78 is 82.1. The summed E-state index contributed by atoms with van der Waals surface area (Å²) in [6.45, 7) is 3.89. The van der Waals surface area contributed by atoms with E-state index in [0.29, 0.717) is 30.8 Å². The van der Waals surface area contributed by atoms with E-state index in [9.17, 15) is 35.9 Å². The van der Waals surface area contributed by atoms with Crippen LogP contribution in [0.5, 0.6) is 5.75 Å². The monoisotopic (exact) mass is 462 g/mol. The largest absolute Gasteiger partial charge is 0.484 e. The highest BCUT2D eigenvalue weighted by Gasteiger charge is 2.37. The number of hydrogen-bond donors (Lipinski definition) is 1. The summed E-state index contributed by atoms with van der Waals surface area (Å²) in [5.41, 5.74) is -2.42. The SMILES string of the molecule is CCN(CC)C(=O)c1ccc(NC(=O)COc2cc(C(F)(F)F)cc(C(F)(F)F)c2)cc1. The average Bonchev–Trinajstić information content (AvgIpc) is 2.72. The Kier molecular flexibility index (Phi) is 7.76. The number of alkyl halides is 6. The molecule has 0 heterocycles. The molecular formula is C21H20F6N2O3. The van der Waals surface area contributed by atoms with E-state index < -0.39 is 41.7 Å². The molecule has 2 rings (SSSR count). The van der Waals surface area contributed by atoms with Gasteiger partial charge >= 0.3 is 12.4 Å². The first kappa shape index (κ1) is 25.0. The van der Waals surface area contributed by atoms with Crippen LogP contribution in [0, 0.1) is 0 Å². The molecule has 2 aromatic rings. The van der Waals surface area contributed by atoms with Crippen LogP contribution in [0.25, 0.3) is 0 Å². The molecule has 0 fully saturated rings. The predicted molar refractivity (Wildman–Crippen MR) is 104 cm³/mol. The maximum Gasteiger partial charge on any atom is 0.416 e. The van der Waals surface area contributed by atoms with Gasteiger partial charge in [0.25, 0.3) is 11.8 Å². The molecule has 0 aliphatic rings. The third-order valence-electron chi connectivity index (χ3n) is 4.40. The smallest absolute Gasteiger partial charge is 0.416 e. The minimum absolute atomic E-state index is 0.0337. The number of nitrogens with zero attached hydrogens (tertiary/aromatic N) is 1. The van der Waals surface area contributed by atoms with Gasteiger partial charge in [0.15, 0.2) is 6.61 Å². The zero-order valence-electron chi connectivity index (χ0n) is 17.1. The van der Waals surface area contributed by atoms with Gasteiger partial charge in [0.2, 0.25) is 0 Å². The summed E-state index contributed by atoms with van der Waals surface area (Å²) in [5, 5.41) is 2.39. The van der Waals surface area contributed by atoms with Crippen molar-refractivity contribution < 1.29 is 40.7 Å². The Labute approximate surface area is 180 Å². The van der Waals surface area contributed by atoms with E-state index in [0.717, 1.165) is 0 Å². The third kappa shape index (κ3) is 6.63. The van der Waals surface area contributed by atoms with Crippen LogP contribution in [-0.4, -0.2) is 36.4 Å². The van der Waals surface area contributed by atoms with E-state index in [1.807, 2.05) is 13.8 Å². The highest BCUT2D eigenvalue weighted by molar-refractivity contribution is 5.96. The molecular weight excluding hydrogens is 442 g/mol. The van der Waals surface area contributed by atoms with Crippen LogP contribution < -0.4 is 10.1 Å². The lowest BCUT2D eigenvalue weighted by molar-refractivity contribution is -0.143. The van der Waals surface area contributed by atoms with Gasteiger partial charge in [-0.1, -0.05) is 0 Å². The third-order valence-corrected chi connectivity index (χ3v) is 4.40. The van der Waals surface area contributed by atoms with Gasteiger partial charge in [0.1, 0.15) is 5.75 Å². The first-order valence-corrected chi connectivity index (χ1v) is 9.46. The maximum atomic E-state index is 12.9. The van der Waals surface area contributed by atoms with Gasteiger partial charge in [-0.05, 0) is 56.3 Å². The number of hydrogen-bond acceptors (Lipinski definition) is 3. The van der Waals surface area contributed by atoms with Gasteiger partial charge in [-0.2, -0.15) is 26.3 Å². The van der Waals surface area contributed by atoms with Crippen LogP contribution in [0.1, 0.15) is 35.3 Å². The fourth-order valence-corrected chi connectivity index (χ4v) is 2.75. The van der Waals surface area contributed by atoms with E-state index in [1.54, 1.807) is 4.90 Å². The summed E-state index contributed by atoms with van der Waals surface area (Å²) in [5.74, 6) is -1.75. The lowest BCUT2D eigenvalue weighted by Crippen LogP contribution is -2.30. The van der Waals surface area contributed by atoms with Crippen LogP contribution in [0.2, 0.25) is 0 Å². The lowest BCUT2D eigenvalue weighted by atomic mass is 10.1. The molecule has 0 aliphatic carbocycles. The summed E-state index contributed by atoms with van der Waals surface area (Å²) in [4.78, 5) is 25.9. The highest BCUT2D eigenvalue weighted by Crippen LogP contribution is 2.38. The number of nitrogens with one attached hydrogen (secondary N) is 1. The number of anilines is 1. The summed E-state index contributed by atoms with van der Waals surface area (Å²) in [6.07, 6.45) is -10.0. The van der Waals surface area contributed by atoms with Crippen LogP contribution in [0.15, 0.2) is 42.5 Å². The van der Waals surface area contributed by atoms with Crippen molar-refractivity contribution in [2.24, 2.45) is 0 Å². The first-order chi connectivity index (χ1) is 14.8. The van der Waals surface area contributed by atoms with E-state index in [2.05, 4.69) is 5.32 Å². The van der Waals surface area contributed by atoms with Gasteiger partial charge < -0.3 is 15.0 Å². The Hall–Kier alpha value is -3.24. The fraction of sp³-hybridized carbons (Fsp3) is 0.333. The van der Waals surface area contributed by atoms with Crippen molar-refractivity contribution in [2.45, 2.75) is 26.2 Å². The quantitative estimate of drug-likeness (QED) is 0.574. The highest BCUT2D eigenvalue weighted by atomic mass is 19.4. The van der Waals surface area contributed by atoms with Gasteiger partial charge in [-0.3, -0.25) is 9.59 Å². The number of carbonyl (C=O) groups is 2. The molecule has 1 N–H and O–H groups in total. The van der Waals surface area contributed by atoms with Crippen molar-refractivity contribution in [3.8, 4) is 5.75 Å². The van der Waals surface area contributed by atoms with Crippen LogP contribution in [0.3, 0.4) is 0 Å². The molecule has 0 aromatic heterocycles. The molecule has 0 radical (unpaired) electrons. The normalized spacial score (nSPS) is 11.8. The Morgan fingerprint density at radius 1 is 0.875 bits per heavy atom. The Balaban J connectivity index is 2.06. The molecule has 5 nitrogen and oxygen atoms in total. The van der Waals surface area contributed by atoms with E-state index >= 15 is 0 Å². The molecule has 0 unspecified atom stereocenters.